The lowest BCUT2D eigenvalue weighted by Gasteiger charge is -2.03. The van der Waals surface area contributed by atoms with Crippen molar-refractivity contribution in [2.45, 2.75) is 10.1 Å². The number of carboxylic acids is 1. The summed E-state index contributed by atoms with van der Waals surface area (Å²) in [5.74, 6) is -0.926. The van der Waals surface area contributed by atoms with Crippen LogP contribution < -0.4 is 0 Å². The molecule has 1 rings (SSSR count). The number of pyridine rings is 1. The second-order valence-corrected chi connectivity index (χ2v) is 3.84. The quantitative estimate of drug-likeness (QED) is 0.783. The van der Waals surface area contributed by atoms with E-state index >= 15 is 0 Å². The Balaban J connectivity index is 3.15. The Bertz CT molecular complexity index is 328. The highest BCUT2D eigenvalue weighted by atomic mass is 32.2. The fraction of sp³-hybridized carbons (Fsp3) is 0.250. The highest BCUT2D eigenvalue weighted by Gasteiger charge is 2.10. The van der Waals surface area contributed by atoms with Crippen LogP contribution in [0.25, 0.3) is 0 Å². The number of hydrogen-bond donors (Lipinski definition) is 1. The van der Waals surface area contributed by atoms with Gasteiger partial charge in [-0.3, -0.25) is 0 Å². The molecule has 0 aliphatic carbocycles. The van der Waals surface area contributed by atoms with Crippen molar-refractivity contribution in [2.75, 3.05) is 12.5 Å². The topological polar surface area (TPSA) is 50.2 Å². The molecule has 0 atom stereocenters. The number of aromatic carboxylic acids is 1. The van der Waals surface area contributed by atoms with E-state index in [0.717, 1.165) is 5.03 Å². The minimum Gasteiger partial charge on any atom is -0.478 e. The van der Waals surface area contributed by atoms with Crippen LogP contribution in [0.15, 0.2) is 22.2 Å². The molecule has 1 aromatic rings. The van der Waals surface area contributed by atoms with Crippen LogP contribution in [0.5, 0.6) is 0 Å². The molecule has 0 saturated heterocycles. The van der Waals surface area contributed by atoms with Gasteiger partial charge in [-0.1, -0.05) is 0 Å². The van der Waals surface area contributed by atoms with Gasteiger partial charge in [0.1, 0.15) is 5.03 Å². The van der Waals surface area contributed by atoms with Crippen molar-refractivity contribution in [3.63, 3.8) is 0 Å². The zero-order valence-electron chi connectivity index (χ0n) is 7.27. The van der Waals surface area contributed by atoms with E-state index in [1.165, 1.54) is 23.5 Å². The lowest BCUT2D eigenvalue weighted by Crippen LogP contribution is -2.00. The smallest absolute Gasteiger partial charge is 0.338 e. The first-order valence-corrected chi connectivity index (χ1v) is 5.96. The molecule has 3 nitrogen and oxygen atoms in total. The summed E-state index contributed by atoms with van der Waals surface area (Å²) in [6.45, 7) is 0. The predicted octanol–water partition coefficient (Wildman–Crippen LogP) is 2.22. The van der Waals surface area contributed by atoms with Crippen LogP contribution in [-0.2, 0) is 0 Å². The van der Waals surface area contributed by atoms with Gasteiger partial charge >= 0.3 is 5.97 Å². The third-order valence-electron chi connectivity index (χ3n) is 1.47. The molecule has 0 amide bonds. The monoisotopic (exact) mass is 215 g/mol. The molecule has 5 heteroatoms. The van der Waals surface area contributed by atoms with E-state index in [4.69, 9.17) is 5.11 Å². The molecule has 1 N–H and O–H groups in total. The fourth-order valence-electron chi connectivity index (χ4n) is 0.856. The highest BCUT2D eigenvalue weighted by molar-refractivity contribution is 7.99. The minimum atomic E-state index is -0.926. The third kappa shape index (κ3) is 2.38. The SMILES string of the molecule is CSc1ccc(C(=O)O)c(SC)n1. The Morgan fingerprint density at radius 1 is 1.38 bits per heavy atom. The van der Waals surface area contributed by atoms with E-state index in [0.29, 0.717) is 5.03 Å². The summed E-state index contributed by atoms with van der Waals surface area (Å²) in [6.07, 6.45) is 3.73. The molecule has 0 spiro atoms. The van der Waals surface area contributed by atoms with Crippen molar-refractivity contribution in [1.82, 2.24) is 4.98 Å². The van der Waals surface area contributed by atoms with Crippen LogP contribution in [-0.4, -0.2) is 28.6 Å². The van der Waals surface area contributed by atoms with E-state index < -0.39 is 5.97 Å². The summed E-state index contributed by atoms with van der Waals surface area (Å²) in [7, 11) is 0. The summed E-state index contributed by atoms with van der Waals surface area (Å²) >= 11 is 2.85. The van der Waals surface area contributed by atoms with E-state index in [1.807, 2.05) is 12.5 Å². The molecule has 0 saturated carbocycles. The van der Waals surface area contributed by atoms with Crippen molar-refractivity contribution in [3.05, 3.63) is 17.7 Å². The van der Waals surface area contributed by atoms with Crippen LogP contribution in [0.1, 0.15) is 10.4 Å². The Hall–Kier alpha value is -0.680. The average Bonchev–Trinajstić information content (AvgIpc) is 2.16. The van der Waals surface area contributed by atoms with Crippen LogP contribution in [0.3, 0.4) is 0 Å². The van der Waals surface area contributed by atoms with Crippen molar-refractivity contribution in [2.24, 2.45) is 0 Å². The third-order valence-corrected chi connectivity index (χ3v) is 2.81. The van der Waals surface area contributed by atoms with Gasteiger partial charge in [0, 0.05) is 0 Å². The maximum atomic E-state index is 10.7. The first-order chi connectivity index (χ1) is 6.19. The van der Waals surface area contributed by atoms with Crippen LogP contribution >= 0.6 is 23.5 Å². The van der Waals surface area contributed by atoms with Gasteiger partial charge in [0.25, 0.3) is 0 Å². The maximum absolute atomic E-state index is 10.7. The van der Waals surface area contributed by atoms with Crippen LogP contribution in [0.2, 0.25) is 0 Å². The van der Waals surface area contributed by atoms with Crippen molar-refractivity contribution in [1.29, 1.82) is 0 Å². The standard InChI is InChI=1S/C8H9NO2S2/c1-12-6-4-3-5(8(10)11)7(9-6)13-2/h3-4H,1-2H3,(H,10,11). The fourth-order valence-corrected chi connectivity index (χ4v) is 1.86. The molecule has 0 aliphatic rings. The molecular formula is C8H9NO2S2. The predicted molar refractivity (Wildman–Crippen MR) is 54.8 cm³/mol. The van der Waals surface area contributed by atoms with Gasteiger partial charge in [0.15, 0.2) is 0 Å². The molecule has 0 unspecified atom stereocenters. The van der Waals surface area contributed by atoms with Gasteiger partial charge in [-0.25, -0.2) is 9.78 Å². The van der Waals surface area contributed by atoms with E-state index in [-0.39, 0.29) is 5.56 Å². The minimum absolute atomic E-state index is 0.269. The first-order valence-electron chi connectivity index (χ1n) is 3.51. The van der Waals surface area contributed by atoms with Gasteiger partial charge < -0.3 is 5.11 Å². The number of nitrogens with zero attached hydrogens (tertiary/aromatic N) is 1. The molecule has 1 heterocycles. The molecule has 0 aromatic carbocycles. The number of carbonyl (C=O) groups is 1. The molecule has 0 fully saturated rings. The zero-order chi connectivity index (χ0) is 9.84. The average molecular weight is 215 g/mol. The molecule has 0 bridgehead atoms. The Morgan fingerprint density at radius 2 is 2.08 bits per heavy atom. The largest absolute Gasteiger partial charge is 0.478 e. The molecule has 1 aromatic heterocycles. The molecule has 70 valence electrons. The van der Waals surface area contributed by atoms with Crippen molar-refractivity contribution < 1.29 is 9.90 Å². The number of thioether (sulfide) groups is 2. The molecule has 13 heavy (non-hydrogen) atoms. The summed E-state index contributed by atoms with van der Waals surface area (Å²) in [6, 6.07) is 3.31. The Kier molecular flexibility index (Phi) is 3.62. The van der Waals surface area contributed by atoms with Crippen LogP contribution in [0.4, 0.5) is 0 Å². The Labute approximate surface area is 84.9 Å². The van der Waals surface area contributed by atoms with Gasteiger partial charge in [0.05, 0.1) is 10.6 Å². The summed E-state index contributed by atoms with van der Waals surface area (Å²) < 4.78 is 0. The summed E-state index contributed by atoms with van der Waals surface area (Å²) in [5.41, 5.74) is 0.269. The van der Waals surface area contributed by atoms with Crippen molar-refractivity contribution in [3.8, 4) is 0 Å². The second-order valence-electron chi connectivity index (χ2n) is 2.22. The molecular weight excluding hydrogens is 206 g/mol. The van der Waals surface area contributed by atoms with Crippen molar-refractivity contribution >= 4 is 29.5 Å². The molecule has 0 radical (unpaired) electrons. The Morgan fingerprint density at radius 3 is 2.54 bits per heavy atom. The maximum Gasteiger partial charge on any atom is 0.338 e. The number of hydrogen-bond acceptors (Lipinski definition) is 4. The lowest BCUT2D eigenvalue weighted by molar-refractivity contribution is 0.0692. The zero-order valence-corrected chi connectivity index (χ0v) is 8.91. The highest BCUT2D eigenvalue weighted by Crippen LogP contribution is 2.21. The normalized spacial score (nSPS) is 10.0. The summed E-state index contributed by atoms with van der Waals surface area (Å²) in [5, 5.41) is 10.2. The van der Waals surface area contributed by atoms with Gasteiger partial charge in [-0.05, 0) is 24.6 Å². The first kappa shape index (κ1) is 10.4. The van der Waals surface area contributed by atoms with E-state index in [1.54, 1.807) is 12.1 Å². The molecule has 0 aliphatic heterocycles. The van der Waals surface area contributed by atoms with E-state index in [9.17, 15) is 4.79 Å². The van der Waals surface area contributed by atoms with Gasteiger partial charge in [-0.15, -0.1) is 23.5 Å². The van der Waals surface area contributed by atoms with Gasteiger partial charge in [0.2, 0.25) is 0 Å². The lowest BCUT2D eigenvalue weighted by atomic mass is 10.3. The number of rotatable bonds is 3. The van der Waals surface area contributed by atoms with Crippen LogP contribution in [0, 0.1) is 0 Å². The second kappa shape index (κ2) is 4.53. The van der Waals surface area contributed by atoms with E-state index in [2.05, 4.69) is 4.98 Å². The number of aromatic nitrogens is 1. The summed E-state index contributed by atoms with van der Waals surface area (Å²) in [4.78, 5) is 14.9. The van der Waals surface area contributed by atoms with Gasteiger partial charge in [-0.2, -0.15) is 0 Å². The number of carboxylic acid groups (broad SMARTS) is 1.